The number of thioether (sulfide) groups is 1. The Hall–Kier alpha value is -4.28. The number of nitriles is 1. The van der Waals surface area contributed by atoms with Gasteiger partial charge in [-0.3, -0.25) is 9.59 Å². The van der Waals surface area contributed by atoms with Crippen LogP contribution < -0.4 is 16.0 Å². The minimum atomic E-state index is -0.571. The summed E-state index contributed by atoms with van der Waals surface area (Å²) in [4.78, 5) is 26.3. The smallest absolute Gasteiger partial charge is 0.254 e. The maximum Gasteiger partial charge on any atom is 0.254 e. The summed E-state index contributed by atoms with van der Waals surface area (Å²) in [5, 5.41) is 20.0. The second-order valence-corrected chi connectivity index (χ2v) is 9.77. The monoisotopic (exact) mass is 508 g/mol. The number of nitrogens with one attached hydrogen (secondary N) is 3. The lowest BCUT2D eigenvalue weighted by Crippen LogP contribution is -2.31. The third-order valence-corrected chi connectivity index (χ3v) is 7.20. The van der Waals surface area contributed by atoms with E-state index in [4.69, 9.17) is 0 Å². The Morgan fingerprint density at radius 2 is 1.43 bits per heavy atom. The Morgan fingerprint density at radius 3 is 2.03 bits per heavy atom. The van der Waals surface area contributed by atoms with E-state index in [2.05, 4.69) is 22.0 Å². The summed E-state index contributed by atoms with van der Waals surface area (Å²) in [7, 11) is 0. The molecule has 3 aromatic carbocycles. The molecule has 0 unspecified atom stereocenters. The largest absolute Gasteiger partial charge is 0.353 e. The first-order chi connectivity index (χ1) is 17.9. The normalized spacial score (nSPS) is 15.0. The number of allylic oxidation sites excluding steroid dienone is 2. The Morgan fingerprint density at radius 1 is 0.865 bits per heavy atom. The molecule has 0 aliphatic carbocycles. The number of hydrogen-bond acceptors (Lipinski definition) is 5. The van der Waals surface area contributed by atoms with Crippen molar-refractivity contribution in [3.05, 3.63) is 117 Å². The van der Waals surface area contributed by atoms with Crippen LogP contribution in [0.25, 0.3) is 0 Å². The molecule has 0 bridgehead atoms. The summed E-state index contributed by atoms with van der Waals surface area (Å²) in [6.07, 6.45) is 0. The van der Waals surface area contributed by atoms with Crippen LogP contribution in [0.2, 0.25) is 0 Å². The number of carbonyl (C=O) groups is 2. The van der Waals surface area contributed by atoms with Crippen LogP contribution >= 0.6 is 11.8 Å². The van der Waals surface area contributed by atoms with Crippen LogP contribution in [0.1, 0.15) is 29.5 Å². The molecule has 0 fully saturated rings. The van der Waals surface area contributed by atoms with Crippen molar-refractivity contribution in [1.29, 1.82) is 5.26 Å². The molecular weight excluding hydrogens is 480 g/mol. The number of nitrogens with zero attached hydrogens (tertiary/aromatic N) is 1. The van der Waals surface area contributed by atoms with E-state index in [1.807, 2.05) is 99.6 Å². The molecule has 1 heterocycles. The molecular formula is C30H28N4O2S. The molecule has 1 atom stereocenters. The van der Waals surface area contributed by atoms with E-state index < -0.39 is 5.92 Å². The maximum absolute atomic E-state index is 13.6. The van der Waals surface area contributed by atoms with Gasteiger partial charge in [0.1, 0.15) is 0 Å². The zero-order valence-corrected chi connectivity index (χ0v) is 21.8. The minimum absolute atomic E-state index is 0.112. The number of aryl methyl sites for hydroxylation is 2. The van der Waals surface area contributed by atoms with Gasteiger partial charge in [0, 0.05) is 22.6 Å². The molecule has 0 saturated carbocycles. The molecule has 186 valence electrons. The van der Waals surface area contributed by atoms with Crippen molar-refractivity contribution in [3.63, 3.8) is 0 Å². The predicted octanol–water partition coefficient (Wildman–Crippen LogP) is 6.01. The number of hydrogen-bond donors (Lipinski definition) is 3. The molecule has 7 heteroatoms. The highest BCUT2D eigenvalue weighted by Gasteiger charge is 2.35. The predicted molar refractivity (Wildman–Crippen MR) is 150 cm³/mol. The molecule has 37 heavy (non-hydrogen) atoms. The molecule has 0 aromatic heterocycles. The van der Waals surface area contributed by atoms with Crippen molar-refractivity contribution in [2.75, 3.05) is 16.4 Å². The molecule has 1 aliphatic heterocycles. The lowest BCUT2D eigenvalue weighted by Gasteiger charge is -2.30. The topological polar surface area (TPSA) is 94.0 Å². The fraction of sp³-hybridized carbons (Fsp3) is 0.167. The van der Waals surface area contributed by atoms with Crippen molar-refractivity contribution in [3.8, 4) is 6.07 Å². The van der Waals surface area contributed by atoms with Gasteiger partial charge in [0.25, 0.3) is 5.91 Å². The first-order valence-corrected chi connectivity index (χ1v) is 12.9. The number of anilines is 2. The van der Waals surface area contributed by atoms with Crippen molar-refractivity contribution in [1.82, 2.24) is 5.32 Å². The quantitative estimate of drug-likeness (QED) is 0.363. The fourth-order valence-electron chi connectivity index (χ4n) is 4.25. The summed E-state index contributed by atoms with van der Waals surface area (Å²) >= 11 is 1.25. The van der Waals surface area contributed by atoms with E-state index in [1.54, 1.807) is 0 Å². The first kappa shape index (κ1) is 25.8. The van der Waals surface area contributed by atoms with Crippen LogP contribution in [-0.4, -0.2) is 17.6 Å². The molecule has 1 aliphatic rings. The molecule has 6 nitrogen and oxygen atoms in total. The number of carbonyl (C=O) groups excluding carboxylic acids is 2. The van der Waals surface area contributed by atoms with Gasteiger partial charge < -0.3 is 16.0 Å². The van der Waals surface area contributed by atoms with E-state index in [-0.39, 0.29) is 17.6 Å². The zero-order valence-electron chi connectivity index (χ0n) is 21.0. The second-order valence-electron chi connectivity index (χ2n) is 8.78. The zero-order chi connectivity index (χ0) is 26.4. The highest BCUT2D eigenvalue weighted by Crippen LogP contribution is 2.41. The van der Waals surface area contributed by atoms with Gasteiger partial charge in [0.05, 0.1) is 28.3 Å². The summed E-state index contributed by atoms with van der Waals surface area (Å²) < 4.78 is 0. The number of rotatable bonds is 7. The highest BCUT2D eigenvalue weighted by atomic mass is 32.2. The average Bonchev–Trinajstić information content (AvgIpc) is 2.90. The van der Waals surface area contributed by atoms with Crippen LogP contribution in [0.15, 0.2) is 101 Å². The van der Waals surface area contributed by atoms with Gasteiger partial charge in [0.2, 0.25) is 5.91 Å². The molecule has 3 N–H and O–H groups in total. The van der Waals surface area contributed by atoms with Crippen LogP contribution in [0.5, 0.6) is 0 Å². The third-order valence-electron chi connectivity index (χ3n) is 6.19. The van der Waals surface area contributed by atoms with Crippen molar-refractivity contribution >= 4 is 35.0 Å². The summed E-state index contributed by atoms with van der Waals surface area (Å²) in [6, 6.07) is 27.0. The Labute approximate surface area is 221 Å². The highest BCUT2D eigenvalue weighted by molar-refractivity contribution is 8.03. The number of benzene rings is 3. The van der Waals surface area contributed by atoms with E-state index >= 15 is 0 Å². The van der Waals surface area contributed by atoms with Gasteiger partial charge >= 0.3 is 0 Å². The van der Waals surface area contributed by atoms with Gasteiger partial charge in [-0.05, 0) is 49.6 Å². The minimum Gasteiger partial charge on any atom is -0.353 e. The summed E-state index contributed by atoms with van der Waals surface area (Å²) in [5.41, 5.74) is 5.74. The standard InChI is InChI=1S/C30H28N4O2S/c1-19-11-7-9-15-24(19)33-26(35)18-37-30-23(17-31)28(22-13-5-4-6-14-22)27(21(3)32-30)29(36)34-25-16-10-8-12-20(25)2/h4-16,28,32H,18H2,1-3H3,(H,33,35)(H,34,36)/t28-/m0/s1. The van der Waals surface area contributed by atoms with Crippen LogP contribution in [0.3, 0.4) is 0 Å². The van der Waals surface area contributed by atoms with Crippen LogP contribution in [0.4, 0.5) is 11.4 Å². The first-order valence-electron chi connectivity index (χ1n) is 11.9. The van der Waals surface area contributed by atoms with E-state index in [1.165, 1.54) is 11.8 Å². The van der Waals surface area contributed by atoms with Gasteiger partial charge in [-0.2, -0.15) is 5.26 Å². The lowest BCUT2D eigenvalue weighted by molar-refractivity contribution is -0.114. The maximum atomic E-state index is 13.6. The third kappa shape index (κ3) is 5.93. The van der Waals surface area contributed by atoms with Gasteiger partial charge in [-0.25, -0.2) is 0 Å². The molecule has 0 saturated heterocycles. The van der Waals surface area contributed by atoms with Gasteiger partial charge in [-0.1, -0.05) is 78.5 Å². The SMILES string of the molecule is CC1=C(C(=O)Nc2ccccc2C)[C@@H](c2ccccc2)C(C#N)=C(SCC(=O)Nc2ccccc2C)N1. The Bertz CT molecular complexity index is 1440. The van der Waals surface area contributed by atoms with Gasteiger partial charge in [0.15, 0.2) is 0 Å². The Kier molecular flexibility index (Phi) is 8.11. The lowest BCUT2D eigenvalue weighted by atomic mass is 9.82. The van der Waals surface area contributed by atoms with Crippen molar-refractivity contribution < 1.29 is 9.59 Å². The van der Waals surface area contributed by atoms with E-state index in [9.17, 15) is 14.9 Å². The number of amides is 2. The Balaban J connectivity index is 1.62. The van der Waals surface area contributed by atoms with Crippen molar-refractivity contribution in [2.45, 2.75) is 26.7 Å². The molecule has 2 amide bonds. The number of dihydropyridines is 1. The van der Waals surface area contributed by atoms with E-state index in [0.717, 1.165) is 28.1 Å². The van der Waals surface area contributed by atoms with Crippen molar-refractivity contribution in [2.24, 2.45) is 0 Å². The average molecular weight is 509 g/mol. The van der Waals surface area contributed by atoms with E-state index in [0.29, 0.717) is 21.9 Å². The molecule has 4 rings (SSSR count). The molecule has 3 aromatic rings. The fourth-order valence-corrected chi connectivity index (χ4v) is 5.14. The van der Waals surface area contributed by atoms with Crippen LogP contribution in [0, 0.1) is 25.2 Å². The molecule has 0 radical (unpaired) electrons. The van der Waals surface area contributed by atoms with Crippen LogP contribution in [-0.2, 0) is 9.59 Å². The molecule has 0 spiro atoms. The summed E-state index contributed by atoms with van der Waals surface area (Å²) in [5.74, 6) is -0.908. The van der Waals surface area contributed by atoms with Gasteiger partial charge in [-0.15, -0.1) is 0 Å². The summed E-state index contributed by atoms with van der Waals surface area (Å²) in [6.45, 7) is 5.69. The number of para-hydroxylation sites is 2. The second kappa shape index (κ2) is 11.6.